The fourth-order valence-corrected chi connectivity index (χ4v) is 5.04. The van der Waals surface area contributed by atoms with Crippen LogP contribution >= 0.6 is 24.0 Å². The molecule has 1 heterocycles. The van der Waals surface area contributed by atoms with Gasteiger partial charge in [0, 0.05) is 18.7 Å². The van der Waals surface area contributed by atoms with Crippen LogP contribution in [0, 0.1) is 6.92 Å². The molecule has 1 N–H and O–H groups in total. The summed E-state index contributed by atoms with van der Waals surface area (Å²) in [6.07, 6.45) is 4.80. The number of unbranched alkanes of at least 4 members (excludes halogenated alkanes) is 2. The lowest BCUT2D eigenvalue weighted by molar-refractivity contribution is -0.122. The van der Waals surface area contributed by atoms with Gasteiger partial charge in [-0.25, -0.2) is 0 Å². The minimum atomic E-state index is -0.0281. The van der Waals surface area contributed by atoms with Crippen molar-refractivity contribution in [2.75, 3.05) is 11.9 Å². The highest BCUT2D eigenvalue weighted by Crippen LogP contribution is 2.32. The van der Waals surface area contributed by atoms with Crippen LogP contribution in [0.15, 0.2) is 71.6 Å². The van der Waals surface area contributed by atoms with Crippen LogP contribution in [0.1, 0.15) is 36.8 Å². The van der Waals surface area contributed by atoms with Gasteiger partial charge >= 0.3 is 0 Å². The van der Waals surface area contributed by atoms with Crippen molar-refractivity contribution < 1.29 is 9.59 Å². The summed E-state index contributed by atoms with van der Waals surface area (Å²) in [6.45, 7) is 2.62. The molecule has 3 aromatic carbocycles. The molecule has 0 bridgehead atoms. The quantitative estimate of drug-likeness (QED) is 0.229. The van der Waals surface area contributed by atoms with E-state index in [1.54, 1.807) is 4.90 Å². The number of nitrogens with one attached hydrogen (secondary N) is 1. The summed E-state index contributed by atoms with van der Waals surface area (Å²) < 4.78 is 0.604. The first-order valence-corrected chi connectivity index (χ1v) is 12.3. The highest BCUT2D eigenvalue weighted by atomic mass is 32.2. The van der Waals surface area contributed by atoms with Crippen LogP contribution in [0.3, 0.4) is 0 Å². The van der Waals surface area contributed by atoms with Crippen molar-refractivity contribution in [3.05, 3.63) is 82.8 Å². The zero-order valence-corrected chi connectivity index (χ0v) is 20.2. The lowest BCUT2D eigenvalue weighted by Crippen LogP contribution is -2.29. The summed E-state index contributed by atoms with van der Waals surface area (Å²) in [5.74, 6) is -0.0171. The van der Waals surface area contributed by atoms with E-state index in [1.807, 2.05) is 73.7 Å². The molecule has 2 amide bonds. The number of hydrogen-bond donors (Lipinski definition) is 1. The average molecular weight is 475 g/mol. The Labute approximate surface area is 204 Å². The first kappa shape index (κ1) is 23.2. The van der Waals surface area contributed by atoms with Gasteiger partial charge < -0.3 is 5.32 Å². The molecule has 1 saturated heterocycles. The average Bonchev–Trinajstić information content (AvgIpc) is 3.07. The zero-order chi connectivity index (χ0) is 23.2. The fourth-order valence-electron chi connectivity index (χ4n) is 3.73. The fraction of sp³-hybridized carbons (Fsp3) is 0.222. The summed E-state index contributed by atoms with van der Waals surface area (Å²) in [5.41, 5.74) is 3.00. The number of carbonyl (C=O) groups is 2. The molecule has 1 fully saturated rings. The van der Waals surface area contributed by atoms with E-state index in [1.165, 1.54) is 17.3 Å². The Morgan fingerprint density at radius 1 is 1.00 bits per heavy atom. The second kappa shape index (κ2) is 10.8. The number of aryl methyl sites for hydroxylation is 1. The molecule has 0 spiro atoms. The second-order valence-corrected chi connectivity index (χ2v) is 9.84. The smallest absolute Gasteiger partial charge is 0.266 e. The van der Waals surface area contributed by atoms with Crippen molar-refractivity contribution in [1.82, 2.24) is 4.90 Å². The van der Waals surface area contributed by atoms with Gasteiger partial charge in [0.25, 0.3) is 5.91 Å². The van der Waals surface area contributed by atoms with Crippen LogP contribution in [0.4, 0.5) is 5.69 Å². The molecule has 0 aliphatic carbocycles. The van der Waals surface area contributed by atoms with Gasteiger partial charge in [-0.15, -0.1) is 0 Å². The molecular weight excluding hydrogens is 448 g/mol. The summed E-state index contributed by atoms with van der Waals surface area (Å²) in [5, 5.41) is 5.24. The summed E-state index contributed by atoms with van der Waals surface area (Å²) in [4.78, 5) is 27.4. The van der Waals surface area contributed by atoms with E-state index in [4.69, 9.17) is 12.2 Å². The van der Waals surface area contributed by atoms with Gasteiger partial charge in [0.05, 0.1) is 4.91 Å². The molecule has 6 heteroatoms. The van der Waals surface area contributed by atoms with Gasteiger partial charge in [-0.1, -0.05) is 90.6 Å². The Bertz CT molecular complexity index is 1220. The Morgan fingerprint density at radius 3 is 2.55 bits per heavy atom. The number of benzene rings is 3. The molecule has 168 valence electrons. The first-order chi connectivity index (χ1) is 16.0. The van der Waals surface area contributed by atoms with E-state index >= 15 is 0 Å². The van der Waals surface area contributed by atoms with E-state index in [2.05, 4.69) is 11.4 Å². The van der Waals surface area contributed by atoms with Crippen LogP contribution in [0.2, 0.25) is 0 Å². The minimum Gasteiger partial charge on any atom is -0.326 e. The largest absolute Gasteiger partial charge is 0.326 e. The molecule has 33 heavy (non-hydrogen) atoms. The molecular formula is C27H26N2O2S2. The number of rotatable bonds is 8. The van der Waals surface area contributed by atoms with E-state index in [9.17, 15) is 9.59 Å². The number of thioether (sulfide) groups is 1. The Morgan fingerprint density at radius 2 is 1.76 bits per heavy atom. The summed E-state index contributed by atoms with van der Waals surface area (Å²) in [7, 11) is 0. The van der Waals surface area contributed by atoms with Crippen LogP contribution in [0.25, 0.3) is 16.8 Å². The standard InChI is InChI=1S/C27H26N2O2S2/c1-19-10-12-20(13-11-19)17-24-26(31)29(27(32)33-24)16-6-2-3-9-25(30)28-23-15-14-21-7-4-5-8-22(21)18-23/h4-5,7-8,10-15,17-18H,2-3,6,9,16H2,1H3,(H,28,30). The Kier molecular flexibility index (Phi) is 7.57. The van der Waals surface area contributed by atoms with Gasteiger partial charge in [-0.3, -0.25) is 14.5 Å². The Hall–Kier alpha value is -2.96. The third-order valence-corrected chi connectivity index (χ3v) is 6.95. The highest BCUT2D eigenvalue weighted by molar-refractivity contribution is 8.26. The summed E-state index contributed by atoms with van der Waals surface area (Å²) >= 11 is 6.78. The van der Waals surface area contributed by atoms with Crippen LogP contribution in [-0.4, -0.2) is 27.6 Å². The van der Waals surface area contributed by atoms with Crippen LogP contribution in [-0.2, 0) is 9.59 Å². The maximum Gasteiger partial charge on any atom is 0.266 e. The lowest BCUT2D eigenvalue weighted by Gasteiger charge is -2.14. The molecule has 4 nitrogen and oxygen atoms in total. The molecule has 4 rings (SSSR count). The molecule has 0 unspecified atom stereocenters. The lowest BCUT2D eigenvalue weighted by atomic mass is 10.1. The van der Waals surface area contributed by atoms with E-state index in [0.717, 1.165) is 41.3 Å². The van der Waals surface area contributed by atoms with Gasteiger partial charge in [0.2, 0.25) is 5.91 Å². The van der Waals surface area contributed by atoms with Crippen LogP contribution in [0.5, 0.6) is 0 Å². The third-order valence-electron chi connectivity index (χ3n) is 5.57. The Balaban J connectivity index is 1.20. The number of carbonyl (C=O) groups excluding carboxylic acids is 2. The highest BCUT2D eigenvalue weighted by Gasteiger charge is 2.31. The summed E-state index contributed by atoms with van der Waals surface area (Å²) in [6, 6.07) is 22.1. The van der Waals surface area contributed by atoms with Crippen LogP contribution < -0.4 is 5.32 Å². The van der Waals surface area contributed by atoms with Crippen molar-refractivity contribution >= 4 is 62.7 Å². The molecule has 1 aliphatic heterocycles. The predicted octanol–water partition coefficient (Wildman–Crippen LogP) is 6.55. The molecule has 0 radical (unpaired) electrons. The number of thiocarbonyl (C=S) groups is 1. The number of nitrogens with zero attached hydrogens (tertiary/aromatic N) is 1. The second-order valence-electron chi connectivity index (χ2n) is 8.16. The van der Waals surface area contributed by atoms with E-state index in [0.29, 0.717) is 22.2 Å². The molecule has 1 aliphatic rings. The van der Waals surface area contributed by atoms with Crippen molar-refractivity contribution in [3.63, 3.8) is 0 Å². The topological polar surface area (TPSA) is 49.4 Å². The SMILES string of the molecule is Cc1ccc(C=C2SC(=S)N(CCCCCC(=O)Nc3ccc4ccccc4c3)C2=O)cc1. The van der Waals surface area contributed by atoms with Crippen molar-refractivity contribution in [2.24, 2.45) is 0 Å². The maximum absolute atomic E-state index is 12.7. The van der Waals surface area contributed by atoms with Gasteiger partial charge in [-0.2, -0.15) is 0 Å². The number of hydrogen-bond acceptors (Lipinski definition) is 4. The predicted molar refractivity (Wildman–Crippen MR) is 142 cm³/mol. The monoisotopic (exact) mass is 474 g/mol. The zero-order valence-electron chi connectivity index (χ0n) is 18.5. The molecule has 0 atom stereocenters. The molecule has 3 aromatic rings. The number of anilines is 1. The van der Waals surface area contributed by atoms with E-state index in [-0.39, 0.29) is 11.8 Å². The maximum atomic E-state index is 12.7. The number of amides is 2. The van der Waals surface area contributed by atoms with E-state index < -0.39 is 0 Å². The number of fused-ring (bicyclic) bond motifs is 1. The molecule has 0 aromatic heterocycles. The normalized spacial score (nSPS) is 14.9. The van der Waals surface area contributed by atoms with Gasteiger partial charge in [0.15, 0.2) is 0 Å². The van der Waals surface area contributed by atoms with Crippen molar-refractivity contribution in [1.29, 1.82) is 0 Å². The van der Waals surface area contributed by atoms with Crippen molar-refractivity contribution in [2.45, 2.75) is 32.6 Å². The third kappa shape index (κ3) is 6.09. The van der Waals surface area contributed by atoms with Gasteiger partial charge in [0.1, 0.15) is 4.32 Å². The molecule has 0 saturated carbocycles. The van der Waals surface area contributed by atoms with Gasteiger partial charge in [-0.05, 0) is 54.3 Å². The first-order valence-electron chi connectivity index (χ1n) is 11.1. The minimum absolute atomic E-state index is 0.0110. The van der Waals surface area contributed by atoms with Crippen molar-refractivity contribution in [3.8, 4) is 0 Å².